The predicted octanol–water partition coefficient (Wildman–Crippen LogP) is 2.29. The number of sulfonamides is 1. The number of hydrogen-bond acceptors (Lipinski definition) is 8. The third-order valence-corrected chi connectivity index (χ3v) is 6.79. The molecule has 0 bridgehead atoms. The highest BCUT2D eigenvalue weighted by Crippen LogP contribution is 2.26. The molecule has 156 valence electrons. The van der Waals surface area contributed by atoms with E-state index in [9.17, 15) is 8.42 Å². The third kappa shape index (κ3) is 4.79. The number of aromatic nitrogens is 3. The Bertz CT molecular complexity index is 870. The molecule has 2 aromatic rings. The van der Waals surface area contributed by atoms with Crippen LogP contribution in [0.2, 0.25) is 0 Å². The minimum absolute atomic E-state index is 0.161. The van der Waals surface area contributed by atoms with Crippen molar-refractivity contribution < 1.29 is 22.2 Å². The Morgan fingerprint density at radius 3 is 2.71 bits per heavy atom. The van der Waals surface area contributed by atoms with E-state index in [1.54, 1.807) is 13.8 Å². The van der Waals surface area contributed by atoms with Crippen molar-refractivity contribution >= 4 is 10.0 Å². The molecule has 1 aliphatic heterocycles. The second-order valence-corrected chi connectivity index (χ2v) is 9.48. The van der Waals surface area contributed by atoms with Gasteiger partial charge in [0.15, 0.2) is 11.6 Å². The lowest BCUT2D eigenvalue weighted by molar-refractivity contribution is 0.0198. The molecule has 1 aliphatic rings. The number of aryl methyl sites for hydroxylation is 2. The number of hydrogen-bond donors (Lipinski definition) is 0. The summed E-state index contributed by atoms with van der Waals surface area (Å²) in [6, 6.07) is 0. The summed E-state index contributed by atoms with van der Waals surface area (Å²) in [4.78, 5) is 4.52. The van der Waals surface area contributed by atoms with E-state index < -0.39 is 10.0 Å². The van der Waals surface area contributed by atoms with Crippen molar-refractivity contribution in [2.75, 3.05) is 19.7 Å². The van der Waals surface area contributed by atoms with Gasteiger partial charge in [-0.25, -0.2) is 8.42 Å². The number of rotatable bonds is 8. The minimum Gasteiger partial charge on any atom is -0.376 e. The predicted molar refractivity (Wildman–Crippen MR) is 100 cm³/mol. The molecule has 9 nitrogen and oxygen atoms in total. The molecule has 0 aliphatic carbocycles. The highest BCUT2D eigenvalue weighted by Gasteiger charge is 2.34. The van der Waals surface area contributed by atoms with E-state index in [1.807, 2.05) is 0 Å². The summed E-state index contributed by atoms with van der Waals surface area (Å²) in [7, 11) is -3.64. The molecule has 0 amide bonds. The van der Waals surface area contributed by atoms with Crippen molar-refractivity contribution in [1.82, 2.24) is 19.6 Å². The average molecular weight is 413 g/mol. The van der Waals surface area contributed by atoms with Gasteiger partial charge >= 0.3 is 0 Å². The molecule has 2 aromatic heterocycles. The van der Waals surface area contributed by atoms with E-state index >= 15 is 0 Å². The zero-order valence-electron chi connectivity index (χ0n) is 16.8. The number of nitrogens with zero attached hydrogens (tertiary/aromatic N) is 4. The summed E-state index contributed by atoms with van der Waals surface area (Å²) in [5.41, 5.74) is 0.384. The Labute approximate surface area is 165 Å². The summed E-state index contributed by atoms with van der Waals surface area (Å²) < 4.78 is 43.5. The Morgan fingerprint density at radius 1 is 1.25 bits per heavy atom. The zero-order valence-corrected chi connectivity index (χ0v) is 17.7. The first-order valence-electron chi connectivity index (χ1n) is 9.63. The first kappa shape index (κ1) is 20.9. The van der Waals surface area contributed by atoms with Crippen LogP contribution in [0, 0.1) is 19.8 Å². The SMILES string of the molecule is Cc1noc(C)c1S(=O)(=O)N1CCCC(OCCc2noc(CC(C)C)n2)C1. The van der Waals surface area contributed by atoms with Crippen LogP contribution < -0.4 is 0 Å². The van der Waals surface area contributed by atoms with Gasteiger partial charge in [0.2, 0.25) is 15.9 Å². The molecular formula is C18H28N4O5S. The molecule has 0 saturated carbocycles. The van der Waals surface area contributed by atoms with Gasteiger partial charge in [0, 0.05) is 25.9 Å². The monoisotopic (exact) mass is 412 g/mol. The third-order valence-electron chi connectivity index (χ3n) is 4.68. The highest BCUT2D eigenvalue weighted by atomic mass is 32.2. The van der Waals surface area contributed by atoms with Gasteiger partial charge in [0.05, 0.1) is 12.7 Å². The van der Waals surface area contributed by atoms with Crippen LogP contribution in [0.1, 0.15) is 49.9 Å². The first-order valence-corrected chi connectivity index (χ1v) is 11.1. The molecule has 1 saturated heterocycles. The van der Waals surface area contributed by atoms with Crippen LogP contribution in [-0.2, 0) is 27.6 Å². The lowest BCUT2D eigenvalue weighted by Crippen LogP contribution is -2.43. The number of piperidine rings is 1. The summed E-state index contributed by atoms with van der Waals surface area (Å²) in [5, 5.41) is 7.73. The second kappa shape index (κ2) is 8.71. The fourth-order valence-electron chi connectivity index (χ4n) is 3.37. The van der Waals surface area contributed by atoms with Crippen molar-refractivity contribution in [2.45, 2.75) is 64.4 Å². The summed E-state index contributed by atoms with van der Waals surface area (Å²) in [5.74, 6) is 2.03. The molecule has 0 spiro atoms. The van der Waals surface area contributed by atoms with Crippen LogP contribution in [-0.4, -0.2) is 53.8 Å². The van der Waals surface area contributed by atoms with E-state index in [0.717, 1.165) is 19.3 Å². The maximum absolute atomic E-state index is 13.0. The highest BCUT2D eigenvalue weighted by molar-refractivity contribution is 7.89. The maximum Gasteiger partial charge on any atom is 0.248 e. The van der Waals surface area contributed by atoms with Crippen molar-refractivity contribution in [2.24, 2.45) is 5.92 Å². The fourth-order valence-corrected chi connectivity index (χ4v) is 5.17. The van der Waals surface area contributed by atoms with Gasteiger partial charge < -0.3 is 13.8 Å². The maximum atomic E-state index is 13.0. The van der Waals surface area contributed by atoms with E-state index in [1.165, 1.54) is 4.31 Å². The smallest absolute Gasteiger partial charge is 0.248 e. The molecule has 1 fully saturated rings. The van der Waals surface area contributed by atoms with Crippen molar-refractivity contribution in [3.8, 4) is 0 Å². The van der Waals surface area contributed by atoms with Crippen LogP contribution in [0.3, 0.4) is 0 Å². The normalized spacial score (nSPS) is 18.8. The molecule has 1 unspecified atom stereocenters. The van der Waals surface area contributed by atoms with Crippen molar-refractivity contribution in [3.63, 3.8) is 0 Å². The van der Waals surface area contributed by atoms with Gasteiger partial charge in [-0.1, -0.05) is 24.2 Å². The summed E-state index contributed by atoms with van der Waals surface area (Å²) in [6.45, 7) is 8.65. The largest absolute Gasteiger partial charge is 0.376 e. The summed E-state index contributed by atoms with van der Waals surface area (Å²) in [6.07, 6.45) is 2.69. The second-order valence-electron chi connectivity index (χ2n) is 7.60. The average Bonchev–Trinajstić information content (AvgIpc) is 3.21. The Balaban J connectivity index is 1.54. The Kier molecular flexibility index (Phi) is 6.51. The van der Waals surface area contributed by atoms with E-state index in [2.05, 4.69) is 29.1 Å². The molecule has 10 heteroatoms. The van der Waals surface area contributed by atoms with Crippen LogP contribution in [0.15, 0.2) is 13.9 Å². The molecule has 0 N–H and O–H groups in total. The van der Waals surface area contributed by atoms with Gasteiger partial charge in [0.1, 0.15) is 10.6 Å². The van der Waals surface area contributed by atoms with Crippen LogP contribution >= 0.6 is 0 Å². The lowest BCUT2D eigenvalue weighted by Gasteiger charge is -2.31. The molecule has 3 heterocycles. The molecule has 0 radical (unpaired) electrons. The van der Waals surface area contributed by atoms with Crippen LogP contribution in [0.4, 0.5) is 0 Å². The number of ether oxygens (including phenoxy) is 1. The van der Waals surface area contributed by atoms with Crippen molar-refractivity contribution in [1.29, 1.82) is 0 Å². The molecular weight excluding hydrogens is 384 g/mol. The Morgan fingerprint density at radius 2 is 2.04 bits per heavy atom. The van der Waals surface area contributed by atoms with Gasteiger partial charge in [-0.15, -0.1) is 0 Å². The molecule has 3 rings (SSSR count). The summed E-state index contributed by atoms with van der Waals surface area (Å²) >= 11 is 0. The van der Waals surface area contributed by atoms with E-state index in [0.29, 0.717) is 55.2 Å². The van der Waals surface area contributed by atoms with Gasteiger partial charge in [-0.05, 0) is 32.6 Å². The van der Waals surface area contributed by atoms with Crippen LogP contribution in [0.25, 0.3) is 0 Å². The van der Waals surface area contributed by atoms with Gasteiger partial charge in [-0.3, -0.25) is 0 Å². The molecule has 28 heavy (non-hydrogen) atoms. The minimum atomic E-state index is -3.64. The standard InChI is InChI=1S/C18H28N4O5S/c1-12(2)10-17-19-16(21-27-17)7-9-25-15-6-5-8-22(11-15)28(23,24)18-13(3)20-26-14(18)4/h12,15H,5-11H2,1-4H3. The van der Waals surface area contributed by atoms with Gasteiger partial charge in [-0.2, -0.15) is 9.29 Å². The zero-order chi connectivity index (χ0) is 20.3. The molecule has 0 aromatic carbocycles. The topological polar surface area (TPSA) is 112 Å². The quantitative estimate of drug-likeness (QED) is 0.649. The van der Waals surface area contributed by atoms with E-state index in [-0.39, 0.29) is 11.0 Å². The fraction of sp³-hybridized carbons (Fsp3) is 0.722. The van der Waals surface area contributed by atoms with E-state index in [4.69, 9.17) is 13.8 Å². The van der Waals surface area contributed by atoms with Gasteiger partial charge in [0.25, 0.3) is 0 Å². The first-order chi connectivity index (χ1) is 13.3. The lowest BCUT2D eigenvalue weighted by atomic mass is 10.1. The van der Waals surface area contributed by atoms with Crippen molar-refractivity contribution in [3.05, 3.63) is 23.2 Å². The molecule has 1 atom stereocenters. The van der Waals surface area contributed by atoms with Crippen LogP contribution in [0.5, 0.6) is 0 Å². The Hall–Kier alpha value is -1.78.